The lowest BCUT2D eigenvalue weighted by atomic mass is 9.88. The summed E-state index contributed by atoms with van der Waals surface area (Å²) >= 11 is 0. The Morgan fingerprint density at radius 1 is 1.35 bits per heavy atom. The molecular formula is C13H29N3O. The predicted molar refractivity (Wildman–Crippen MR) is 72.5 cm³/mol. The van der Waals surface area contributed by atoms with Gasteiger partial charge in [-0.05, 0) is 37.3 Å². The number of hydrogen-bond acceptors (Lipinski definition) is 3. The van der Waals surface area contributed by atoms with E-state index in [1.165, 1.54) is 0 Å². The van der Waals surface area contributed by atoms with Crippen LogP contribution in [0.15, 0.2) is 0 Å². The van der Waals surface area contributed by atoms with Crippen molar-refractivity contribution in [2.24, 2.45) is 22.8 Å². The molecule has 0 aliphatic carbocycles. The summed E-state index contributed by atoms with van der Waals surface area (Å²) in [5, 5.41) is 0. The van der Waals surface area contributed by atoms with E-state index in [1.54, 1.807) is 0 Å². The molecule has 0 saturated heterocycles. The second-order valence-electron chi connectivity index (χ2n) is 6.07. The molecule has 4 nitrogen and oxygen atoms in total. The fraction of sp³-hybridized carbons (Fsp3) is 0.923. The van der Waals surface area contributed by atoms with Gasteiger partial charge in [-0.15, -0.1) is 0 Å². The summed E-state index contributed by atoms with van der Waals surface area (Å²) in [5.74, 6) is 0.306. The number of nitrogens with two attached hydrogens (primary N) is 2. The Hall–Kier alpha value is -0.610. The summed E-state index contributed by atoms with van der Waals surface area (Å²) in [6.07, 6.45) is 2.14. The molecule has 0 aromatic rings. The van der Waals surface area contributed by atoms with E-state index in [1.807, 2.05) is 0 Å². The molecule has 0 unspecified atom stereocenters. The number of rotatable bonds is 9. The summed E-state index contributed by atoms with van der Waals surface area (Å²) in [6.45, 7) is 11.6. The van der Waals surface area contributed by atoms with E-state index in [9.17, 15) is 4.79 Å². The smallest absolute Gasteiger partial charge is 0.231 e. The summed E-state index contributed by atoms with van der Waals surface area (Å²) < 4.78 is 0. The maximum atomic E-state index is 11.0. The van der Waals surface area contributed by atoms with Crippen molar-refractivity contribution in [3.05, 3.63) is 0 Å². The molecule has 0 aliphatic heterocycles. The van der Waals surface area contributed by atoms with E-state index < -0.39 is 0 Å². The van der Waals surface area contributed by atoms with Gasteiger partial charge in [-0.2, -0.15) is 0 Å². The maximum Gasteiger partial charge on any atom is 0.231 e. The first kappa shape index (κ1) is 16.4. The van der Waals surface area contributed by atoms with E-state index in [0.29, 0.717) is 19.0 Å². The van der Waals surface area contributed by atoms with Gasteiger partial charge in [0.2, 0.25) is 5.91 Å². The van der Waals surface area contributed by atoms with Crippen molar-refractivity contribution >= 4 is 5.91 Å². The van der Waals surface area contributed by atoms with E-state index >= 15 is 0 Å². The SMILES string of the molecule is CC(C)CN(CCCC(C)(C)CN)CC(N)=O. The number of nitrogens with zero attached hydrogens (tertiary/aromatic N) is 1. The lowest BCUT2D eigenvalue weighted by Crippen LogP contribution is -2.37. The van der Waals surface area contributed by atoms with Gasteiger partial charge in [0.05, 0.1) is 6.54 Å². The molecule has 0 radical (unpaired) electrons. The summed E-state index contributed by atoms with van der Waals surface area (Å²) in [5.41, 5.74) is 11.1. The molecule has 0 aliphatic rings. The first-order chi connectivity index (χ1) is 7.76. The lowest BCUT2D eigenvalue weighted by Gasteiger charge is -2.26. The van der Waals surface area contributed by atoms with E-state index in [0.717, 1.165) is 25.9 Å². The van der Waals surface area contributed by atoms with Crippen LogP contribution in [0.3, 0.4) is 0 Å². The first-order valence-electron chi connectivity index (χ1n) is 6.47. The van der Waals surface area contributed by atoms with Crippen LogP contribution >= 0.6 is 0 Å². The molecule has 0 saturated carbocycles. The first-order valence-corrected chi connectivity index (χ1v) is 6.47. The molecule has 0 aromatic heterocycles. The zero-order valence-corrected chi connectivity index (χ0v) is 11.8. The Balaban J connectivity index is 4.03. The highest BCUT2D eigenvalue weighted by molar-refractivity contribution is 5.75. The Morgan fingerprint density at radius 3 is 2.35 bits per heavy atom. The number of amides is 1. The number of primary amides is 1. The molecule has 0 fully saturated rings. The molecule has 17 heavy (non-hydrogen) atoms. The van der Waals surface area contributed by atoms with Crippen LogP contribution in [0.1, 0.15) is 40.5 Å². The van der Waals surface area contributed by atoms with Crippen molar-refractivity contribution in [3.8, 4) is 0 Å². The van der Waals surface area contributed by atoms with Crippen LogP contribution in [0, 0.1) is 11.3 Å². The van der Waals surface area contributed by atoms with Crippen molar-refractivity contribution in [2.45, 2.75) is 40.5 Å². The Labute approximate surface area is 106 Å². The molecule has 0 heterocycles. The average Bonchev–Trinajstić information content (AvgIpc) is 2.15. The zero-order chi connectivity index (χ0) is 13.5. The molecule has 1 amide bonds. The molecule has 0 bridgehead atoms. The molecule has 4 heteroatoms. The van der Waals surface area contributed by atoms with Gasteiger partial charge in [0.15, 0.2) is 0 Å². The van der Waals surface area contributed by atoms with Crippen LogP contribution in [0.25, 0.3) is 0 Å². The van der Waals surface area contributed by atoms with E-state index in [4.69, 9.17) is 11.5 Å². The third kappa shape index (κ3) is 9.12. The zero-order valence-electron chi connectivity index (χ0n) is 11.8. The number of hydrogen-bond donors (Lipinski definition) is 2. The molecule has 4 N–H and O–H groups in total. The topological polar surface area (TPSA) is 72.3 Å². The van der Waals surface area contributed by atoms with Crippen molar-refractivity contribution in [1.82, 2.24) is 4.90 Å². The minimum atomic E-state index is -0.247. The van der Waals surface area contributed by atoms with Crippen molar-refractivity contribution < 1.29 is 4.79 Å². The Morgan fingerprint density at radius 2 is 1.94 bits per heavy atom. The third-order valence-electron chi connectivity index (χ3n) is 2.88. The highest BCUT2D eigenvalue weighted by atomic mass is 16.1. The monoisotopic (exact) mass is 243 g/mol. The molecule has 0 spiro atoms. The van der Waals surface area contributed by atoms with Crippen molar-refractivity contribution in [3.63, 3.8) is 0 Å². The summed E-state index contributed by atoms with van der Waals surface area (Å²) in [6, 6.07) is 0. The quantitative estimate of drug-likeness (QED) is 0.639. The molecule has 0 atom stereocenters. The van der Waals surface area contributed by atoms with Gasteiger partial charge in [-0.1, -0.05) is 27.7 Å². The van der Waals surface area contributed by atoms with Crippen LogP contribution in [-0.4, -0.2) is 37.0 Å². The highest BCUT2D eigenvalue weighted by Gasteiger charge is 2.16. The summed E-state index contributed by atoms with van der Waals surface area (Å²) in [7, 11) is 0. The van der Waals surface area contributed by atoms with Crippen molar-refractivity contribution in [1.29, 1.82) is 0 Å². The van der Waals surface area contributed by atoms with Gasteiger partial charge in [-0.3, -0.25) is 9.69 Å². The van der Waals surface area contributed by atoms with Gasteiger partial charge in [0.25, 0.3) is 0 Å². The normalized spacial score (nSPS) is 12.4. The Bertz CT molecular complexity index is 227. The van der Waals surface area contributed by atoms with Crippen LogP contribution in [0.2, 0.25) is 0 Å². The number of carbonyl (C=O) groups is 1. The fourth-order valence-corrected chi connectivity index (χ4v) is 1.85. The Kier molecular flexibility index (Phi) is 7.39. The minimum Gasteiger partial charge on any atom is -0.369 e. The highest BCUT2D eigenvalue weighted by Crippen LogP contribution is 2.20. The second-order valence-corrected chi connectivity index (χ2v) is 6.07. The number of carbonyl (C=O) groups excluding carboxylic acids is 1. The van der Waals surface area contributed by atoms with Crippen molar-refractivity contribution in [2.75, 3.05) is 26.2 Å². The van der Waals surface area contributed by atoms with E-state index in [-0.39, 0.29) is 11.3 Å². The average molecular weight is 243 g/mol. The largest absolute Gasteiger partial charge is 0.369 e. The van der Waals surface area contributed by atoms with Gasteiger partial charge in [-0.25, -0.2) is 0 Å². The van der Waals surface area contributed by atoms with Gasteiger partial charge in [0.1, 0.15) is 0 Å². The standard InChI is InChI=1S/C13H29N3O/c1-11(2)8-16(9-12(15)17)7-5-6-13(3,4)10-14/h11H,5-10,14H2,1-4H3,(H2,15,17). The van der Waals surface area contributed by atoms with Crippen LogP contribution in [0.5, 0.6) is 0 Å². The predicted octanol–water partition coefficient (Wildman–Crippen LogP) is 1.19. The maximum absolute atomic E-state index is 11.0. The fourth-order valence-electron chi connectivity index (χ4n) is 1.85. The van der Waals surface area contributed by atoms with Crippen LogP contribution in [0.4, 0.5) is 0 Å². The molecule has 0 aromatic carbocycles. The lowest BCUT2D eigenvalue weighted by molar-refractivity contribution is -0.119. The third-order valence-corrected chi connectivity index (χ3v) is 2.88. The van der Waals surface area contributed by atoms with Crippen LogP contribution in [-0.2, 0) is 4.79 Å². The summed E-state index contributed by atoms with van der Waals surface area (Å²) in [4.78, 5) is 13.1. The van der Waals surface area contributed by atoms with Gasteiger partial charge >= 0.3 is 0 Å². The second kappa shape index (κ2) is 7.67. The van der Waals surface area contributed by atoms with E-state index in [2.05, 4.69) is 32.6 Å². The van der Waals surface area contributed by atoms with Gasteiger partial charge in [0, 0.05) is 6.54 Å². The molecule has 0 rings (SSSR count). The molecular weight excluding hydrogens is 214 g/mol. The van der Waals surface area contributed by atoms with Crippen LogP contribution < -0.4 is 11.5 Å². The minimum absolute atomic E-state index is 0.191. The van der Waals surface area contributed by atoms with Gasteiger partial charge < -0.3 is 11.5 Å². The molecule has 102 valence electrons.